The summed E-state index contributed by atoms with van der Waals surface area (Å²) in [5.74, 6) is 0.674. The van der Waals surface area contributed by atoms with Crippen molar-refractivity contribution >= 4 is 5.69 Å². The largest absolute Gasteiger partial charge is 0.374 e. The molecule has 1 N–H and O–H groups in total. The summed E-state index contributed by atoms with van der Waals surface area (Å²) >= 11 is 0. The van der Waals surface area contributed by atoms with Crippen molar-refractivity contribution in [2.24, 2.45) is 5.92 Å². The van der Waals surface area contributed by atoms with Gasteiger partial charge >= 0.3 is 0 Å². The van der Waals surface area contributed by atoms with Crippen LogP contribution in [0.3, 0.4) is 0 Å². The number of anilines is 1. The quantitative estimate of drug-likeness (QED) is 0.904. The second-order valence-electron chi connectivity index (χ2n) is 6.63. The molecule has 1 saturated carbocycles. The number of nitrogens with zero attached hydrogens (tertiary/aromatic N) is 2. The molecule has 1 aromatic rings. The lowest BCUT2D eigenvalue weighted by Gasteiger charge is -2.40. The zero-order valence-corrected chi connectivity index (χ0v) is 13.2. The van der Waals surface area contributed by atoms with Crippen LogP contribution in [0.1, 0.15) is 38.7 Å². The minimum absolute atomic E-state index is 0.434. The van der Waals surface area contributed by atoms with E-state index in [1.54, 1.807) is 0 Å². The zero-order chi connectivity index (χ0) is 14.7. The molecule has 0 amide bonds. The Morgan fingerprint density at radius 2 is 2.33 bits per heavy atom. The van der Waals surface area contributed by atoms with Crippen LogP contribution in [0.2, 0.25) is 0 Å². The Morgan fingerprint density at radius 3 is 3.19 bits per heavy atom. The molecule has 0 radical (unpaired) electrons. The topological polar surface area (TPSA) is 37.4 Å². The molecule has 21 heavy (non-hydrogen) atoms. The maximum atomic E-state index is 5.93. The fraction of sp³-hybridized carbons (Fsp3) is 0.706. The Kier molecular flexibility index (Phi) is 4.76. The van der Waals surface area contributed by atoms with Gasteiger partial charge in [-0.3, -0.25) is 4.98 Å². The maximum Gasteiger partial charge on any atom is 0.0779 e. The van der Waals surface area contributed by atoms with Crippen LogP contribution in [0.5, 0.6) is 0 Å². The molecule has 3 rings (SSSR count). The van der Waals surface area contributed by atoms with Crippen molar-refractivity contribution in [1.82, 2.24) is 10.3 Å². The highest BCUT2D eigenvalue weighted by molar-refractivity contribution is 5.54. The van der Waals surface area contributed by atoms with Crippen LogP contribution < -0.4 is 10.2 Å². The Morgan fingerprint density at radius 1 is 1.43 bits per heavy atom. The third-order valence-corrected chi connectivity index (χ3v) is 4.54. The summed E-state index contributed by atoms with van der Waals surface area (Å²) in [5.41, 5.74) is 2.66. The summed E-state index contributed by atoms with van der Waals surface area (Å²) in [6, 6.07) is 2.73. The van der Waals surface area contributed by atoms with E-state index in [2.05, 4.69) is 35.1 Å². The number of hydrogen-bond donors (Lipinski definition) is 1. The summed E-state index contributed by atoms with van der Waals surface area (Å²) in [6.07, 6.45) is 8.13. The minimum Gasteiger partial charge on any atom is -0.374 e. The van der Waals surface area contributed by atoms with Gasteiger partial charge in [0.1, 0.15) is 0 Å². The van der Waals surface area contributed by atoms with Crippen LogP contribution in [0.15, 0.2) is 18.5 Å². The van der Waals surface area contributed by atoms with E-state index in [0.29, 0.717) is 18.1 Å². The molecule has 2 heterocycles. The Hall–Kier alpha value is -1.13. The first-order valence-corrected chi connectivity index (χ1v) is 8.27. The van der Waals surface area contributed by atoms with E-state index >= 15 is 0 Å². The van der Waals surface area contributed by atoms with E-state index in [0.717, 1.165) is 26.2 Å². The molecule has 4 nitrogen and oxygen atoms in total. The maximum absolute atomic E-state index is 5.93. The number of morpholine rings is 1. The normalized spacial score (nSPS) is 25.4. The predicted molar refractivity (Wildman–Crippen MR) is 85.5 cm³/mol. The third-order valence-electron chi connectivity index (χ3n) is 4.54. The van der Waals surface area contributed by atoms with Gasteiger partial charge in [0, 0.05) is 36.7 Å². The van der Waals surface area contributed by atoms with Crippen LogP contribution in [0.4, 0.5) is 5.69 Å². The summed E-state index contributed by atoms with van der Waals surface area (Å²) in [5, 5.41) is 3.54. The lowest BCUT2D eigenvalue weighted by atomic mass is 10.1. The number of rotatable bonds is 5. The molecule has 1 aliphatic carbocycles. The van der Waals surface area contributed by atoms with Gasteiger partial charge in [-0.2, -0.15) is 0 Å². The predicted octanol–water partition coefficient (Wildman–Crippen LogP) is 2.58. The second kappa shape index (κ2) is 6.75. The van der Waals surface area contributed by atoms with Gasteiger partial charge in [-0.05, 0) is 37.8 Å². The standard InChI is InChI=1S/C17H27N3O/c1-13(2)10-19-12-14-11-18-7-6-15(14)20-8-9-21-17-5-3-4-16(17)20/h6-7,11,13,16-17,19H,3-5,8-10,12H2,1-2H3. The van der Waals surface area contributed by atoms with E-state index in [1.807, 2.05) is 12.4 Å². The molecule has 4 heteroatoms. The number of aromatic nitrogens is 1. The van der Waals surface area contributed by atoms with Crippen molar-refractivity contribution in [2.45, 2.75) is 51.8 Å². The first-order valence-electron chi connectivity index (χ1n) is 8.27. The average Bonchev–Trinajstić information content (AvgIpc) is 2.96. The molecule has 1 aromatic heterocycles. The van der Waals surface area contributed by atoms with Gasteiger partial charge in [0.25, 0.3) is 0 Å². The molecule has 2 atom stereocenters. The molecule has 0 bridgehead atoms. The highest BCUT2D eigenvalue weighted by Crippen LogP contribution is 2.34. The molecular formula is C17H27N3O. The van der Waals surface area contributed by atoms with E-state index in [1.165, 1.54) is 30.5 Å². The summed E-state index contributed by atoms with van der Waals surface area (Å²) in [4.78, 5) is 6.89. The van der Waals surface area contributed by atoms with Crippen molar-refractivity contribution in [3.8, 4) is 0 Å². The van der Waals surface area contributed by atoms with E-state index in [9.17, 15) is 0 Å². The second-order valence-corrected chi connectivity index (χ2v) is 6.63. The van der Waals surface area contributed by atoms with Gasteiger partial charge in [-0.1, -0.05) is 13.8 Å². The first kappa shape index (κ1) is 14.8. The Balaban J connectivity index is 1.74. The average molecular weight is 289 g/mol. The number of hydrogen-bond acceptors (Lipinski definition) is 4. The number of ether oxygens (including phenoxy) is 1. The monoisotopic (exact) mass is 289 g/mol. The molecule has 1 aliphatic heterocycles. The zero-order valence-electron chi connectivity index (χ0n) is 13.2. The highest BCUT2D eigenvalue weighted by Gasteiger charge is 2.36. The minimum atomic E-state index is 0.434. The van der Waals surface area contributed by atoms with Gasteiger partial charge < -0.3 is 15.0 Å². The number of pyridine rings is 1. The Bertz CT molecular complexity index is 463. The SMILES string of the molecule is CC(C)CNCc1cnccc1N1CCOC2CCCC21. The Labute approximate surface area is 127 Å². The molecule has 116 valence electrons. The van der Waals surface area contributed by atoms with Gasteiger partial charge in [-0.15, -0.1) is 0 Å². The first-order chi connectivity index (χ1) is 10.3. The molecule has 2 fully saturated rings. The van der Waals surface area contributed by atoms with Crippen molar-refractivity contribution in [1.29, 1.82) is 0 Å². The van der Waals surface area contributed by atoms with Crippen LogP contribution >= 0.6 is 0 Å². The van der Waals surface area contributed by atoms with Crippen molar-refractivity contribution in [2.75, 3.05) is 24.6 Å². The fourth-order valence-electron chi connectivity index (χ4n) is 3.56. The van der Waals surface area contributed by atoms with Crippen molar-refractivity contribution < 1.29 is 4.74 Å². The number of fused-ring (bicyclic) bond motifs is 1. The van der Waals surface area contributed by atoms with Gasteiger partial charge in [0.2, 0.25) is 0 Å². The van der Waals surface area contributed by atoms with Crippen LogP contribution in [-0.4, -0.2) is 36.8 Å². The van der Waals surface area contributed by atoms with Crippen LogP contribution in [-0.2, 0) is 11.3 Å². The fourth-order valence-corrected chi connectivity index (χ4v) is 3.56. The third kappa shape index (κ3) is 3.38. The lowest BCUT2D eigenvalue weighted by Crippen LogP contribution is -2.49. The number of nitrogens with one attached hydrogen (secondary N) is 1. The van der Waals surface area contributed by atoms with Crippen molar-refractivity contribution in [3.05, 3.63) is 24.0 Å². The summed E-state index contributed by atoms with van der Waals surface area (Å²) in [7, 11) is 0. The van der Waals surface area contributed by atoms with Gasteiger partial charge in [-0.25, -0.2) is 0 Å². The van der Waals surface area contributed by atoms with Crippen molar-refractivity contribution in [3.63, 3.8) is 0 Å². The highest BCUT2D eigenvalue weighted by atomic mass is 16.5. The van der Waals surface area contributed by atoms with Crippen LogP contribution in [0.25, 0.3) is 0 Å². The van der Waals surface area contributed by atoms with Gasteiger partial charge in [0.15, 0.2) is 0 Å². The molecule has 2 unspecified atom stereocenters. The van der Waals surface area contributed by atoms with E-state index < -0.39 is 0 Å². The van der Waals surface area contributed by atoms with E-state index in [4.69, 9.17) is 4.74 Å². The summed E-state index contributed by atoms with van der Waals surface area (Å²) < 4.78 is 5.93. The summed E-state index contributed by atoms with van der Waals surface area (Å²) in [6.45, 7) is 8.27. The van der Waals surface area contributed by atoms with E-state index in [-0.39, 0.29) is 0 Å². The molecule has 0 spiro atoms. The van der Waals surface area contributed by atoms with Gasteiger partial charge in [0.05, 0.1) is 18.8 Å². The lowest BCUT2D eigenvalue weighted by molar-refractivity contribution is 0.0255. The van der Waals surface area contributed by atoms with Crippen LogP contribution in [0, 0.1) is 5.92 Å². The molecule has 0 aromatic carbocycles. The molecule has 1 saturated heterocycles. The molecule has 2 aliphatic rings. The smallest absolute Gasteiger partial charge is 0.0779 e. The molecular weight excluding hydrogens is 262 g/mol.